The molecule has 2 fully saturated rings. The summed E-state index contributed by atoms with van der Waals surface area (Å²) >= 11 is 0. The highest BCUT2D eigenvalue weighted by atomic mass is 16.5. The van der Waals surface area contributed by atoms with Crippen LogP contribution < -0.4 is 0 Å². The summed E-state index contributed by atoms with van der Waals surface area (Å²) < 4.78 is 7.46. The van der Waals surface area contributed by atoms with Crippen molar-refractivity contribution in [2.24, 2.45) is 0 Å². The van der Waals surface area contributed by atoms with Gasteiger partial charge >= 0.3 is 0 Å². The Morgan fingerprint density at radius 1 is 1.16 bits per heavy atom. The van der Waals surface area contributed by atoms with E-state index in [0.29, 0.717) is 38.0 Å². The number of nitrogens with zero attached hydrogens (tertiary/aromatic N) is 4. The van der Waals surface area contributed by atoms with Gasteiger partial charge in [0.2, 0.25) is 0 Å². The number of hydrogen-bond acceptors (Lipinski definition) is 4. The summed E-state index contributed by atoms with van der Waals surface area (Å²) in [6.07, 6.45) is 7.23. The van der Waals surface area contributed by atoms with Crippen LogP contribution in [0.1, 0.15) is 54.4 Å². The van der Waals surface area contributed by atoms with Crippen molar-refractivity contribution < 1.29 is 9.53 Å². The summed E-state index contributed by atoms with van der Waals surface area (Å²) in [7, 11) is 0. The molecule has 138 valence electrons. The number of carbonyl (C=O) groups excluding carboxylic acids is 1. The summed E-state index contributed by atoms with van der Waals surface area (Å²) in [4.78, 5) is 17.6. The number of hydrogen-bond donors (Lipinski definition) is 0. The van der Waals surface area contributed by atoms with Crippen LogP contribution in [-0.4, -0.2) is 70.9 Å². The zero-order valence-corrected chi connectivity index (χ0v) is 15.4. The normalized spacial score (nSPS) is 25.0. The van der Waals surface area contributed by atoms with Gasteiger partial charge in [-0.25, -0.2) is 0 Å². The largest absolute Gasteiger partial charge is 0.378 e. The molecule has 0 radical (unpaired) electrons. The Bertz CT molecular complexity index is 615. The molecule has 25 heavy (non-hydrogen) atoms. The molecular weight excluding hydrogens is 316 g/mol. The van der Waals surface area contributed by atoms with Crippen molar-refractivity contribution in [1.82, 2.24) is 19.6 Å². The van der Waals surface area contributed by atoms with Crippen molar-refractivity contribution in [3.63, 3.8) is 0 Å². The highest BCUT2D eigenvalue weighted by Crippen LogP contribution is 2.29. The molecule has 0 unspecified atom stereocenters. The molecule has 1 aromatic heterocycles. The molecule has 3 aliphatic rings. The van der Waals surface area contributed by atoms with Gasteiger partial charge in [-0.15, -0.1) is 0 Å². The Balaban J connectivity index is 1.58. The minimum absolute atomic E-state index is 0.103. The SMILES string of the molecule is CCn1nc(C(=O)N2CCOCC2)c2c1CC[C@@H](N1CCCCC1)C2. The second-order valence-corrected chi connectivity index (χ2v) is 7.49. The van der Waals surface area contributed by atoms with Gasteiger partial charge in [0.05, 0.1) is 13.2 Å². The van der Waals surface area contributed by atoms with E-state index in [-0.39, 0.29) is 5.91 Å². The molecule has 0 N–H and O–H groups in total. The van der Waals surface area contributed by atoms with Crippen molar-refractivity contribution in [1.29, 1.82) is 0 Å². The van der Waals surface area contributed by atoms with Gasteiger partial charge in [-0.1, -0.05) is 6.42 Å². The van der Waals surface area contributed by atoms with E-state index in [1.807, 2.05) is 4.90 Å². The average Bonchev–Trinajstić information content (AvgIpc) is 3.06. The summed E-state index contributed by atoms with van der Waals surface area (Å²) in [6, 6.07) is 0.582. The number of likely N-dealkylation sites (tertiary alicyclic amines) is 1. The Hall–Kier alpha value is -1.40. The van der Waals surface area contributed by atoms with Crippen molar-refractivity contribution in [2.45, 2.75) is 58.0 Å². The molecule has 0 bridgehead atoms. The van der Waals surface area contributed by atoms with Crippen LogP contribution in [0.15, 0.2) is 0 Å². The van der Waals surface area contributed by atoms with Crippen molar-refractivity contribution in [3.05, 3.63) is 17.0 Å². The minimum atomic E-state index is 0.103. The second-order valence-electron chi connectivity index (χ2n) is 7.49. The standard InChI is InChI=1S/C19H30N4O2/c1-2-23-17-7-6-15(21-8-4-3-5-9-21)14-16(17)18(20-23)19(24)22-10-12-25-13-11-22/h15H,2-14H2,1H3/t15-/m1/s1. The lowest BCUT2D eigenvalue weighted by Gasteiger charge is -2.37. The molecule has 1 aromatic rings. The molecule has 0 saturated carbocycles. The van der Waals surface area contributed by atoms with E-state index in [4.69, 9.17) is 9.84 Å². The van der Waals surface area contributed by atoms with Crippen LogP contribution in [-0.2, 0) is 24.1 Å². The smallest absolute Gasteiger partial charge is 0.274 e. The second kappa shape index (κ2) is 7.46. The Kier molecular flexibility index (Phi) is 5.08. The topological polar surface area (TPSA) is 50.6 Å². The predicted molar refractivity (Wildman–Crippen MR) is 95.9 cm³/mol. The van der Waals surface area contributed by atoms with E-state index in [9.17, 15) is 4.79 Å². The van der Waals surface area contributed by atoms with E-state index >= 15 is 0 Å². The summed E-state index contributed by atoms with van der Waals surface area (Å²) in [5.74, 6) is 0.103. The number of morpholine rings is 1. The van der Waals surface area contributed by atoms with Crippen molar-refractivity contribution >= 4 is 5.91 Å². The van der Waals surface area contributed by atoms with Crippen LogP contribution >= 0.6 is 0 Å². The van der Waals surface area contributed by atoms with Gasteiger partial charge in [0, 0.05) is 36.9 Å². The van der Waals surface area contributed by atoms with Crippen LogP contribution in [0.3, 0.4) is 0 Å². The number of fused-ring (bicyclic) bond motifs is 1. The van der Waals surface area contributed by atoms with E-state index in [1.165, 1.54) is 50.0 Å². The molecular formula is C19H30N4O2. The van der Waals surface area contributed by atoms with E-state index < -0.39 is 0 Å². The first-order chi connectivity index (χ1) is 12.3. The zero-order chi connectivity index (χ0) is 17.2. The van der Waals surface area contributed by atoms with Crippen LogP contribution in [0.5, 0.6) is 0 Å². The fourth-order valence-corrected chi connectivity index (χ4v) is 4.61. The number of rotatable bonds is 3. The molecule has 6 heteroatoms. The fraction of sp³-hybridized carbons (Fsp3) is 0.789. The van der Waals surface area contributed by atoms with E-state index in [2.05, 4.69) is 16.5 Å². The monoisotopic (exact) mass is 346 g/mol. The van der Waals surface area contributed by atoms with Gasteiger partial charge in [0.1, 0.15) is 0 Å². The highest BCUT2D eigenvalue weighted by molar-refractivity contribution is 5.94. The third kappa shape index (κ3) is 3.34. The maximum absolute atomic E-state index is 13.1. The number of aryl methyl sites for hydroxylation is 1. The van der Waals surface area contributed by atoms with Gasteiger partial charge in [-0.05, 0) is 52.1 Å². The lowest BCUT2D eigenvalue weighted by atomic mass is 9.89. The molecule has 0 spiro atoms. The first-order valence-corrected chi connectivity index (χ1v) is 9.97. The van der Waals surface area contributed by atoms with Crippen molar-refractivity contribution in [2.75, 3.05) is 39.4 Å². The van der Waals surface area contributed by atoms with Crippen LogP contribution in [0, 0.1) is 0 Å². The molecule has 2 saturated heterocycles. The quantitative estimate of drug-likeness (QED) is 0.836. The molecule has 1 atom stereocenters. The van der Waals surface area contributed by atoms with Crippen LogP contribution in [0.4, 0.5) is 0 Å². The first-order valence-electron chi connectivity index (χ1n) is 9.97. The number of amides is 1. The first kappa shape index (κ1) is 17.0. The maximum atomic E-state index is 13.1. The third-order valence-electron chi connectivity index (χ3n) is 6.03. The van der Waals surface area contributed by atoms with Gasteiger partial charge < -0.3 is 14.5 Å². The fourth-order valence-electron chi connectivity index (χ4n) is 4.61. The van der Waals surface area contributed by atoms with Gasteiger partial charge in [-0.3, -0.25) is 9.48 Å². The Morgan fingerprint density at radius 3 is 2.64 bits per heavy atom. The minimum Gasteiger partial charge on any atom is -0.378 e. The third-order valence-corrected chi connectivity index (χ3v) is 6.03. The number of piperidine rings is 1. The van der Waals surface area contributed by atoms with E-state index in [0.717, 1.165) is 19.4 Å². The zero-order valence-electron chi connectivity index (χ0n) is 15.4. The molecule has 3 heterocycles. The van der Waals surface area contributed by atoms with Crippen molar-refractivity contribution in [3.8, 4) is 0 Å². The number of aromatic nitrogens is 2. The summed E-state index contributed by atoms with van der Waals surface area (Å²) in [6.45, 7) is 8.03. The number of ether oxygens (including phenoxy) is 1. The molecule has 6 nitrogen and oxygen atoms in total. The summed E-state index contributed by atoms with van der Waals surface area (Å²) in [5, 5.41) is 4.73. The van der Waals surface area contributed by atoms with Gasteiger partial charge in [0.15, 0.2) is 5.69 Å². The molecule has 0 aromatic carbocycles. The maximum Gasteiger partial charge on any atom is 0.274 e. The molecule has 4 rings (SSSR count). The van der Waals surface area contributed by atoms with Gasteiger partial charge in [-0.2, -0.15) is 5.10 Å². The molecule has 1 aliphatic carbocycles. The van der Waals surface area contributed by atoms with Gasteiger partial charge in [0.25, 0.3) is 5.91 Å². The van der Waals surface area contributed by atoms with Crippen LogP contribution in [0.2, 0.25) is 0 Å². The number of carbonyl (C=O) groups is 1. The molecule has 2 aliphatic heterocycles. The average molecular weight is 346 g/mol. The highest BCUT2D eigenvalue weighted by Gasteiger charge is 2.33. The van der Waals surface area contributed by atoms with Crippen LogP contribution in [0.25, 0.3) is 0 Å². The Morgan fingerprint density at radius 2 is 1.92 bits per heavy atom. The lowest BCUT2D eigenvalue weighted by Crippen LogP contribution is -2.43. The van der Waals surface area contributed by atoms with E-state index in [1.54, 1.807) is 0 Å². The summed E-state index contributed by atoms with van der Waals surface area (Å²) in [5.41, 5.74) is 3.23. The molecule has 1 amide bonds. The Labute approximate surface area is 150 Å². The predicted octanol–water partition coefficient (Wildman–Crippen LogP) is 1.72. The lowest BCUT2D eigenvalue weighted by molar-refractivity contribution is 0.0297.